The minimum absolute atomic E-state index is 0.216. The first kappa shape index (κ1) is 25.0. The summed E-state index contributed by atoms with van der Waals surface area (Å²) in [5, 5.41) is 2.09. The van der Waals surface area contributed by atoms with E-state index in [9.17, 15) is 0 Å². The monoisotopic (exact) mass is 516 g/mol. The molecule has 2 fully saturated rings. The summed E-state index contributed by atoms with van der Waals surface area (Å²) >= 11 is 19.0. The van der Waals surface area contributed by atoms with Gasteiger partial charge >= 0.3 is 0 Å². The second kappa shape index (κ2) is 11.5. The highest BCUT2D eigenvalue weighted by atomic mass is 35.5. The zero-order chi connectivity index (χ0) is 24.1. The van der Waals surface area contributed by atoms with Crippen molar-refractivity contribution in [3.8, 4) is 0 Å². The molecule has 2 heterocycles. The molecule has 2 aliphatic rings. The molecule has 7 heteroatoms. The van der Waals surface area contributed by atoms with Crippen molar-refractivity contribution < 1.29 is 0 Å². The highest BCUT2D eigenvalue weighted by Gasteiger charge is 2.34. The predicted molar refractivity (Wildman–Crippen MR) is 146 cm³/mol. The van der Waals surface area contributed by atoms with Crippen molar-refractivity contribution in [1.29, 1.82) is 0 Å². The summed E-state index contributed by atoms with van der Waals surface area (Å²) in [6, 6.07) is 14.7. The molecule has 4 rings (SSSR count). The van der Waals surface area contributed by atoms with Gasteiger partial charge in [-0.1, -0.05) is 59.6 Å². The Kier molecular flexibility index (Phi) is 8.49. The number of hydrogen-bond donors (Lipinski definition) is 1. The zero-order valence-corrected chi connectivity index (χ0v) is 21.5. The summed E-state index contributed by atoms with van der Waals surface area (Å²) in [5.41, 5.74) is 8.73. The Morgan fingerprint density at radius 1 is 0.912 bits per heavy atom. The van der Waals surface area contributed by atoms with Gasteiger partial charge in [0.25, 0.3) is 0 Å². The van der Waals surface area contributed by atoms with Gasteiger partial charge in [0.05, 0.1) is 16.8 Å². The van der Waals surface area contributed by atoms with Crippen LogP contribution in [0.5, 0.6) is 0 Å². The van der Waals surface area contributed by atoms with Gasteiger partial charge in [0.15, 0.2) is 0 Å². The van der Waals surface area contributed by atoms with E-state index in [2.05, 4.69) is 33.4 Å². The number of nitrogens with zero attached hydrogens (tertiary/aromatic N) is 3. The molecule has 2 saturated heterocycles. The second-order valence-corrected chi connectivity index (χ2v) is 10.1. The highest BCUT2D eigenvalue weighted by Crippen LogP contribution is 2.40. The Balaban J connectivity index is 1.48. The van der Waals surface area contributed by atoms with Crippen molar-refractivity contribution in [2.75, 3.05) is 37.6 Å². The number of rotatable bonds is 6. The predicted octanol–water partition coefficient (Wildman–Crippen LogP) is 6.52. The SMILES string of the molecule is C=C(/C=C\C=C/N)N1CCN(C2CCN(c3ccc(Cl)cc3Cl)C(c3ccc(Cl)cc3)C2)CC1. The van der Waals surface area contributed by atoms with Crippen molar-refractivity contribution in [1.82, 2.24) is 9.80 Å². The molecule has 0 amide bonds. The van der Waals surface area contributed by atoms with Gasteiger partial charge in [-0.2, -0.15) is 0 Å². The molecule has 2 aromatic carbocycles. The van der Waals surface area contributed by atoms with Crippen LogP contribution >= 0.6 is 34.8 Å². The fourth-order valence-corrected chi connectivity index (χ4v) is 5.64. The van der Waals surface area contributed by atoms with Crippen molar-refractivity contribution >= 4 is 40.5 Å². The van der Waals surface area contributed by atoms with Crippen molar-refractivity contribution in [3.63, 3.8) is 0 Å². The maximum atomic E-state index is 6.63. The Labute approximate surface area is 217 Å². The molecule has 180 valence electrons. The van der Waals surface area contributed by atoms with E-state index < -0.39 is 0 Å². The Bertz CT molecular complexity index is 1040. The maximum Gasteiger partial charge on any atom is 0.0654 e. The van der Waals surface area contributed by atoms with Crippen LogP contribution in [-0.4, -0.2) is 48.6 Å². The topological polar surface area (TPSA) is 35.7 Å². The van der Waals surface area contributed by atoms with Crippen molar-refractivity contribution in [2.24, 2.45) is 5.73 Å². The number of piperidine rings is 1. The lowest BCUT2D eigenvalue weighted by molar-refractivity contribution is 0.0953. The molecule has 0 spiro atoms. The van der Waals surface area contributed by atoms with Crippen molar-refractivity contribution in [3.05, 3.63) is 99.8 Å². The van der Waals surface area contributed by atoms with Gasteiger partial charge in [0.1, 0.15) is 0 Å². The van der Waals surface area contributed by atoms with Crippen molar-refractivity contribution in [2.45, 2.75) is 24.9 Å². The maximum absolute atomic E-state index is 6.63. The molecule has 2 atom stereocenters. The molecule has 4 nitrogen and oxygen atoms in total. The number of allylic oxidation sites excluding steroid dienone is 3. The van der Waals surface area contributed by atoms with Crippen LogP contribution in [0.2, 0.25) is 15.1 Å². The third kappa shape index (κ3) is 5.92. The molecule has 2 aromatic rings. The lowest BCUT2D eigenvalue weighted by atomic mass is 9.90. The van der Waals surface area contributed by atoms with E-state index in [1.165, 1.54) is 11.8 Å². The van der Waals surface area contributed by atoms with Crippen LogP contribution in [-0.2, 0) is 0 Å². The van der Waals surface area contributed by atoms with E-state index in [-0.39, 0.29) is 6.04 Å². The van der Waals surface area contributed by atoms with Crippen LogP contribution in [0, 0.1) is 0 Å². The van der Waals surface area contributed by atoms with Crippen LogP contribution in [0.25, 0.3) is 0 Å². The number of nitrogens with two attached hydrogens (primary N) is 1. The van der Waals surface area contributed by atoms with Gasteiger partial charge in [-0.15, -0.1) is 0 Å². The lowest BCUT2D eigenvalue weighted by Crippen LogP contribution is -2.53. The average Bonchev–Trinajstić information content (AvgIpc) is 2.85. The van der Waals surface area contributed by atoms with Crippen LogP contribution < -0.4 is 10.6 Å². The van der Waals surface area contributed by atoms with Crippen LogP contribution in [0.15, 0.2) is 79.2 Å². The normalized spacial score (nSPS) is 22.1. The largest absolute Gasteiger partial charge is 0.405 e. The molecule has 2 aliphatic heterocycles. The number of hydrogen-bond acceptors (Lipinski definition) is 4. The average molecular weight is 518 g/mol. The summed E-state index contributed by atoms with van der Waals surface area (Å²) < 4.78 is 0. The van der Waals surface area contributed by atoms with Gasteiger partial charge in [0, 0.05) is 54.5 Å². The van der Waals surface area contributed by atoms with Crippen LogP contribution in [0.3, 0.4) is 0 Å². The van der Waals surface area contributed by atoms with Crippen LogP contribution in [0.4, 0.5) is 5.69 Å². The number of piperazine rings is 1. The first-order valence-electron chi connectivity index (χ1n) is 11.7. The Morgan fingerprint density at radius 3 is 2.29 bits per heavy atom. The standard InChI is InChI=1S/C27H31Cl3N4/c1-20(4-2-3-12-31)32-14-16-33(17-15-32)24-11-13-34(26-10-9-23(29)18-25(26)30)27(19-24)21-5-7-22(28)8-6-21/h2-10,12,18,24,27H,1,11,13-17,19,31H2/b4-2-,12-3-. The molecule has 0 radical (unpaired) electrons. The molecule has 0 bridgehead atoms. The summed E-state index contributed by atoms with van der Waals surface area (Å²) in [4.78, 5) is 7.40. The summed E-state index contributed by atoms with van der Waals surface area (Å²) in [6.07, 6.45) is 9.42. The van der Waals surface area contributed by atoms with Gasteiger partial charge in [-0.05, 0) is 67.1 Å². The molecule has 34 heavy (non-hydrogen) atoms. The van der Waals surface area contributed by atoms with E-state index >= 15 is 0 Å². The molecule has 0 aromatic heterocycles. The van der Waals surface area contributed by atoms with E-state index in [0.717, 1.165) is 62.0 Å². The van der Waals surface area contributed by atoms with E-state index in [1.54, 1.807) is 0 Å². The van der Waals surface area contributed by atoms with E-state index in [1.807, 2.05) is 48.6 Å². The highest BCUT2D eigenvalue weighted by molar-refractivity contribution is 6.36. The molecular formula is C27H31Cl3N4. The van der Waals surface area contributed by atoms with Gasteiger partial charge in [-0.25, -0.2) is 0 Å². The summed E-state index contributed by atoms with van der Waals surface area (Å²) in [5.74, 6) is 0. The molecule has 0 aliphatic carbocycles. The first-order valence-corrected chi connectivity index (χ1v) is 12.8. The fraction of sp³-hybridized carbons (Fsp3) is 0.333. The molecule has 2 unspecified atom stereocenters. The number of halogens is 3. The molecular weight excluding hydrogens is 487 g/mol. The third-order valence-electron chi connectivity index (χ3n) is 6.80. The Hall–Kier alpha value is -2.11. The quantitative estimate of drug-likeness (QED) is 0.443. The smallest absolute Gasteiger partial charge is 0.0654 e. The summed E-state index contributed by atoms with van der Waals surface area (Å²) in [6.45, 7) is 9.15. The van der Waals surface area contributed by atoms with Gasteiger partial charge in [0.2, 0.25) is 0 Å². The fourth-order valence-electron chi connectivity index (χ4n) is 4.99. The Morgan fingerprint density at radius 2 is 1.62 bits per heavy atom. The zero-order valence-electron chi connectivity index (χ0n) is 19.2. The lowest BCUT2D eigenvalue weighted by Gasteiger charge is -2.47. The first-order chi connectivity index (χ1) is 16.5. The second-order valence-electron chi connectivity index (χ2n) is 8.79. The third-order valence-corrected chi connectivity index (χ3v) is 7.59. The summed E-state index contributed by atoms with van der Waals surface area (Å²) in [7, 11) is 0. The minimum atomic E-state index is 0.216. The van der Waals surface area contributed by atoms with Gasteiger partial charge < -0.3 is 15.5 Å². The number of anilines is 1. The number of benzene rings is 2. The van der Waals surface area contributed by atoms with Gasteiger partial charge in [-0.3, -0.25) is 4.90 Å². The molecule has 0 saturated carbocycles. The molecule has 2 N–H and O–H groups in total. The van der Waals surface area contributed by atoms with E-state index in [4.69, 9.17) is 40.5 Å². The van der Waals surface area contributed by atoms with Crippen LogP contribution in [0.1, 0.15) is 24.4 Å². The minimum Gasteiger partial charge on any atom is -0.405 e. The van der Waals surface area contributed by atoms with E-state index in [0.29, 0.717) is 16.1 Å².